The first-order chi connectivity index (χ1) is 9.31. The molecule has 1 heterocycles. The molecule has 7 heteroatoms. The molecule has 0 atom stereocenters. The minimum Gasteiger partial charge on any atom is -0.478 e. The topological polar surface area (TPSA) is 92.2 Å². The van der Waals surface area contributed by atoms with E-state index in [9.17, 15) is 14.7 Å². The molecule has 0 aromatic carbocycles. The lowest BCUT2D eigenvalue weighted by Crippen LogP contribution is -2.28. The predicted molar refractivity (Wildman–Crippen MR) is 77.0 cm³/mol. The molecule has 0 saturated carbocycles. The van der Waals surface area contributed by atoms with Crippen LogP contribution in [0.25, 0.3) is 0 Å². The molecule has 110 valence electrons. The quantitative estimate of drug-likeness (QED) is 0.613. The monoisotopic (exact) mass is 297 g/mol. The number of hydrogen-bond donors (Lipinski definition) is 2. The Hall–Kier alpha value is -1.63. The number of aromatic carboxylic acids is 1. The Morgan fingerprint density at radius 1 is 1.30 bits per heavy atom. The smallest absolute Gasteiger partial charge is 0.340 e. The van der Waals surface area contributed by atoms with Crippen molar-refractivity contribution in [3.8, 4) is 0 Å². The molecule has 6 nitrogen and oxygen atoms in total. The lowest BCUT2D eigenvalue weighted by Gasteiger charge is -2.09. The van der Waals surface area contributed by atoms with Gasteiger partial charge in [0.2, 0.25) is 5.91 Å². The minimum absolute atomic E-state index is 0.0669. The van der Waals surface area contributed by atoms with Crippen LogP contribution in [-0.2, 0) is 4.79 Å². The van der Waals surface area contributed by atoms with E-state index in [1.807, 2.05) is 13.8 Å². The number of carbonyl (C=O) groups is 2. The Morgan fingerprint density at radius 3 is 2.50 bits per heavy atom. The van der Waals surface area contributed by atoms with Crippen molar-refractivity contribution >= 4 is 23.6 Å². The van der Waals surface area contributed by atoms with Crippen LogP contribution in [0.15, 0.2) is 5.03 Å². The zero-order valence-electron chi connectivity index (χ0n) is 12.1. The van der Waals surface area contributed by atoms with Crippen molar-refractivity contribution in [2.75, 3.05) is 12.3 Å². The number of carboxylic acid groups (broad SMARTS) is 1. The maximum atomic E-state index is 11.6. The lowest BCUT2D eigenvalue weighted by atomic mass is 10.2. The summed E-state index contributed by atoms with van der Waals surface area (Å²) in [4.78, 5) is 31.0. The maximum absolute atomic E-state index is 11.6. The van der Waals surface area contributed by atoms with Crippen molar-refractivity contribution in [2.45, 2.75) is 32.7 Å². The first-order valence-corrected chi connectivity index (χ1v) is 7.27. The highest BCUT2D eigenvalue weighted by atomic mass is 32.2. The molecule has 0 bridgehead atoms. The van der Waals surface area contributed by atoms with E-state index in [0.717, 1.165) is 11.8 Å². The third-order valence-electron chi connectivity index (χ3n) is 2.43. The molecular weight excluding hydrogens is 278 g/mol. The van der Waals surface area contributed by atoms with Gasteiger partial charge in [0.25, 0.3) is 0 Å². The van der Waals surface area contributed by atoms with Gasteiger partial charge in [-0.05, 0) is 19.8 Å². The summed E-state index contributed by atoms with van der Waals surface area (Å²) >= 11 is 1.12. The van der Waals surface area contributed by atoms with Crippen LogP contribution in [0.1, 0.15) is 35.7 Å². The number of thioether (sulfide) groups is 1. The van der Waals surface area contributed by atoms with Gasteiger partial charge in [-0.15, -0.1) is 0 Å². The number of hydrogen-bond acceptors (Lipinski definition) is 5. The molecule has 1 aromatic heterocycles. The summed E-state index contributed by atoms with van der Waals surface area (Å²) in [6.07, 6.45) is 0. The second-order valence-corrected chi connectivity index (χ2v) is 5.79. The van der Waals surface area contributed by atoms with Crippen LogP contribution >= 0.6 is 11.8 Å². The summed E-state index contributed by atoms with van der Waals surface area (Å²) < 4.78 is 0. The van der Waals surface area contributed by atoms with Gasteiger partial charge in [-0.3, -0.25) is 4.79 Å². The summed E-state index contributed by atoms with van der Waals surface area (Å²) in [7, 11) is 0. The minimum atomic E-state index is -1.08. The molecule has 0 saturated heterocycles. The molecule has 1 rings (SSSR count). The second kappa shape index (κ2) is 7.23. The Bertz CT molecular complexity index is 518. The number of aryl methyl sites for hydroxylation is 2. The van der Waals surface area contributed by atoms with E-state index in [4.69, 9.17) is 0 Å². The number of rotatable bonds is 6. The average molecular weight is 297 g/mol. The summed E-state index contributed by atoms with van der Waals surface area (Å²) in [5.41, 5.74) is 0.479. The fourth-order valence-electron chi connectivity index (χ4n) is 1.53. The van der Waals surface area contributed by atoms with E-state index in [1.165, 1.54) is 0 Å². The van der Waals surface area contributed by atoms with E-state index in [1.54, 1.807) is 13.8 Å². The van der Waals surface area contributed by atoms with Crippen molar-refractivity contribution in [3.63, 3.8) is 0 Å². The average Bonchev–Trinajstić information content (AvgIpc) is 2.32. The highest BCUT2D eigenvalue weighted by molar-refractivity contribution is 8.00. The molecule has 2 N–H and O–H groups in total. The molecule has 0 spiro atoms. The molecule has 0 fully saturated rings. The summed E-state index contributed by atoms with van der Waals surface area (Å²) in [5.74, 6) is -0.190. The Kier molecular flexibility index (Phi) is 5.94. The van der Waals surface area contributed by atoms with Crippen LogP contribution in [0.5, 0.6) is 0 Å². The second-order valence-electron chi connectivity index (χ2n) is 4.83. The molecule has 0 aliphatic rings. The fourth-order valence-corrected chi connectivity index (χ4v) is 2.48. The zero-order valence-corrected chi connectivity index (χ0v) is 12.9. The van der Waals surface area contributed by atoms with Gasteiger partial charge < -0.3 is 10.4 Å². The SMILES string of the molecule is Cc1nc(C)c(C(=O)O)c(SCC(=O)NCC(C)C)n1. The van der Waals surface area contributed by atoms with Crippen LogP contribution in [0.4, 0.5) is 0 Å². The van der Waals surface area contributed by atoms with Crippen molar-refractivity contribution < 1.29 is 14.7 Å². The van der Waals surface area contributed by atoms with Gasteiger partial charge in [0.15, 0.2) is 0 Å². The number of amides is 1. The Morgan fingerprint density at radius 2 is 1.95 bits per heavy atom. The molecule has 0 aliphatic heterocycles. The summed E-state index contributed by atoms with van der Waals surface area (Å²) in [5, 5.41) is 12.3. The predicted octanol–water partition coefficient (Wildman–Crippen LogP) is 1.66. The first-order valence-electron chi connectivity index (χ1n) is 6.29. The van der Waals surface area contributed by atoms with Gasteiger partial charge in [-0.1, -0.05) is 25.6 Å². The highest BCUT2D eigenvalue weighted by Gasteiger charge is 2.18. The zero-order chi connectivity index (χ0) is 15.3. The summed E-state index contributed by atoms with van der Waals surface area (Å²) in [6, 6.07) is 0. The fraction of sp³-hybridized carbons (Fsp3) is 0.538. The first kappa shape index (κ1) is 16.4. The standard InChI is InChI=1S/C13H19N3O3S/c1-7(2)5-14-10(17)6-20-12-11(13(18)19)8(3)15-9(4)16-12/h7H,5-6H2,1-4H3,(H,14,17)(H,18,19). The maximum Gasteiger partial charge on any atom is 0.340 e. The van der Waals surface area contributed by atoms with Crippen molar-refractivity contribution in [2.24, 2.45) is 5.92 Å². The van der Waals surface area contributed by atoms with Crippen LogP contribution in [0, 0.1) is 19.8 Å². The number of nitrogens with zero attached hydrogens (tertiary/aromatic N) is 2. The Labute approximate surface area is 122 Å². The molecule has 20 heavy (non-hydrogen) atoms. The van der Waals surface area contributed by atoms with E-state index in [2.05, 4.69) is 15.3 Å². The highest BCUT2D eigenvalue weighted by Crippen LogP contribution is 2.22. The Balaban J connectivity index is 2.77. The van der Waals surface area contributed by atoms with Gasteiger partial charge in [0.05, 0.1) is 11.4 Å². The van der Waals surface area contributed by atoms with Crippen LogP contribution in [0.2, 0.25) is 0 Å². The summed E-state index contributed by atoms with van der Waals surface area (Å²) in [6.45, 7) is 7.94. The molecule has 0 unspecified atom stereocenters. The van der Waals surface area contributed by atoms with Gasteiger partial charge in [-0.2, -0.15) is 0 Å². The van der Waals surface area contributed by atoms with E-state index in [-0.39, 0.29) is 17.2 Å². The van der Waals surface area contributed by atoms with Gasteiger partial charge in [-0.25, -0.2) is 14.8 Å². The molecule has 1 aromatic rings. The van der Waals surface area contributed by atoms with Gasteiger partial charge in [0.1, 0.15) is 16.4 Å². The van der Waals surface area contributed by atoms with Crippen LogP contribution in [-0.4, -0.2) is 39.2 Å². The lowest BCUT2D eigenvalue weighted by molar-refractivity contribution is -0.118. The van der Waals surface area contributed by atoms with Crippen molar-refractivity contribution in [1.82, 2.24) is 15.3 Å². The van der Waals surface area contributed by atoms with Gasteiger partial charge >= 0.3 is 5.97 Å². The largest absolute Gasteiger partial charge is 0.478 e. The molecule has 0 radical (unpaired) electrons. The van der Waals surface area contributed by atoms with Crippen molar-refractivity contribution in [1.29, 1.82) is 0 Å². The van der Waals surface area contributed by atoms with E-state index in [0.29, 0.717) is 29.0 Å². The number of carbonyl (C=O) groups excluding carboxylic acids is 1. The normalized spacial score (nSPS) is 10.7. The molecule has 0 aliphatic carbocycles. The van der Waals surface area contributed by atoms with Crippen LogP contribution in [0.3, 0.4) is 0 Å². The number of nitrogens with one attached hydrogen (secondary N) is 1. The van der Waals surface area contributed by atoms with E-state index >= 15 is 0 Å². The molecule has 1 amide bonds. The van der Waals surface area contributed by atoms with Crippen LogP contribution < -0.4 is 5.32 Å². The third kappa shape index (κ3) is 4.80. The van der Waals surface area contributed by atoms with E-state index < -0.39 is 5.97 Å². The van der Waals surface area contributed by atoms with Crippen molar-refractivity contribution in [3.05, 3.63) is 17.1 Å². The number of carboxylic acids is 1. The third-order valence-corrected chi connectivity index (χ3v) is 3.41. The number of aromatic nitrogens is 2. The molecular formula is C13H19N3O3S. The van der Waals surface area contributed by atoms with Gasteiger partial charge in [0, 0.05) is 6.54 Å².